The minimum atomic E-state index is -4.45. The zero-order valence-corrected chi connectivity index (χ0v) is 11.0. The van der Waals surface area contributed by atoms with Crippen LogP contribution in [0.1, 0.15) is 11.1 Å². The van der Waals surface area contributed by atoms with Crippen LogP contribution < -0.4 is 10.5 Å². The minimum absolute atomic E-state index is 0.0194. The smallest absolute Gasteiger partial charge is 0.419 e. The van der Waals surface area contributed by atoms with Crippen LogP contribution in [0, 0.1) is 0 Å². The number of alkyl halides is 3. The van der Waals surface area contributed by atoms with Crippen LogP contribution in [-0.2, 0) is 12.8 Å². The molecule has 0 aliphatic heterocycles. The molecular weight excluding hydrogens is 291 g/mol. The van der Waals surface area contributed by atoms with E-state index in [0.717, 1.165) is 6.07 Å². The largest absolute Gasteiger partial charge is 0.488 e. The third kappa shape index (κ3) is 3.36. The number of halogens is 4. The lowest BCUT2D eigenvalue weighted by atomic mass is 10.2. The minimum Gasteiger partial charge on any atom is -0.488 e. The van der Waals surface area contributed by atoms with Crippen molar-refractivity contribution in [2.75, 3.05) is 5.73 Å². The molecule has 0 aliphatic rings. The zero-order chi connectivity index (χ0) is 14.8. The van der Waals surface area contributed by atoms with Crippen LogP contribution in [0.2, 0.25) is 5.02 Å². The van der Waals surface area contributed by atoms with Crippen LogP contribution in [0.5, 0.6) is 5.75 Å². The number of benzene rings is 2. The lowest BCUT2D eigenvalue weighted by Crippen LogP contribution is -2.08. The molecule has 0 saturated carbocycles. The Morgan fingerprint density at radius 3 is 2.45 bits per heavy atom. The summed E-state index contributed by atoms with van der Waals surface area (Å²) in [6.07, 6.45) is -4.45. The second kappa shape index (κ2) is 5.63. The third-order valence-electron chi connectivity index (χ3n) is 2.65. The van der Waals surface area contributed by atoms with Gasteiger partial charge in [0, 0.05) is 0 Å². The van der Waals surface area contributed by atoms with Gasteiger partial charge in [-0.05, 0) is 29.8 Å². The summed E-state index contributed by atoms with van der Waals surface area (Å²) in [5.41, 5.74) is 5.82. The maximum atomic E-state index is 12.8. The monoisotopic (exact) mass is 301 g/mol. The molecule has 2 N–H and O–H groups in total. The Bertz CT molecular complexity index is 614. The van der Waals surface area contributed by atoms with Crippen molar-refractivity contribution >= 4 is 17.3 Å². The Morgan fingerprint density at radius 2 is 1.80 bits per heavy atom. The molecule has 0 amide bonds. The molecule has 0 bridgehead atoms. The average Bonchev–Trinajstić information content (AvgIpc) is 2.39. The van der Waals surface area contributed by atoms with Gasteiger partial charge >= 0.3 is 6.18 Å². The van der Waals surface area contributed by atoms with Crippen molar-refractivity contribution in [2.24, 2.45) is 0 Å². The number of nitrogen functional groups attached to an aromatic ring is 1. The molecule has 2 aromatic rings. The summed E-state index contributed by atoms with van der Waals surface area (Å²) in [7, 11) is 0. The van der Waals surface area contributed by atoms with Crippen LogP contribution in [0.15, 0.2) is 42.5 Å². The summed E-state index contributed by atoms with van der Waals surface area (Å²) in [6, 6.07) is 9.85. The molecule has 0 unspecified atom stereocenters. The number of para-hydroxylation sites is 1. The highest BCUT2D eigenvalue weighted by Gasteiger charge is 2.33. The summed E-state index contributed by atoms with van der Waals surface area (Å²) in [5.74, 6) is -0.214. The van der Waals surface area contributed by atoms with E-state index in [0.29, 0.717) is 16.3 Å². The van der Waals surface area contributed by atoms with Crippen molar-refractivity contribution in [2.45, 2.75) is 12.8 Å². The number of hydrogen-bond acceptors (Lipinski definition) is 2. The van der Waals surface area contributed by atoms with Crippen molar-refractivity contribution in [3.8, 4) is 5.75 Å². The van der Waals surface area contributed by atoms with Gasteiger partial charge in [0.2, 0.25) is 0 Å². The molecule has 2 aromatic carbocycles. The fourth-order valence-corrected chi connectivity index (χ4v) is 1.79. The van der Waals surface area contributed by atoms with Gasteiger partial charge in [-0.1, -0.05) is 29.8 Å². The van der Waals surface area contributed by atoms with Crippen LogP contribution in [0.25, 0.3) is 0 Å². The first-order valence-corrected chi connectivity index (χ1v) is 6.08. The van der Waals surface area contributed by atoms with E-state index in [-0.39, 0.29) is 12.4 Å². The molecule has 0 saturated heterocycles. The molecule has 0 aliphatic carbocycles. The molecule has 0 aromatic heterocycles. The Morgan fingerprint density at radius 1 is 1.10 bits per heavy atom. The van der Waals surface area contributed by atoms with Crippen molar-refractivity contribution in [3.63, 3.8) is 0 Å². The molecule has 2 rings (SSSR count). The first kappa shape index (κ1) is 14.5. The average molecular weight is 302 g/mol. The lowest BCUT2D eigenvalue weighted by Gasteiger charge is -2.14. The van der Waals surface area contributed by atoms with E-state index in [1.165, 1.54) is 18.2 Å². The van der Waals surface area contributed by atoms with E-state index < -0.39 is 11.7 Å². The molecule has 0 radical (unpaired) electrons. The van der Waals surface area contributed by atoms with Crippen LogP contribution in [0.4, 0.5) is 18.9 Å². The molecule has 0 spiro atoms. The predicted octanol–water partition coefficient (Wildman–Crippen LogP) is 4.52. The molecular formula is C14H11ClF3NO. The van der Waals surface area contributed by atoms with Gasteiger partial charge in [0.25, 0.3) is 0 Å². The van der Waals surface area contributed by atoms with E-state index in [4.69, 9.17) is 22.1 Å². The van der Waals surface area contributed by atoms with Gasteiger partial charge in [-0.25, -0.2) is 0 Å². The van der Waals surface area contributed by atoms with E-state index in [2.05, 4.69) is 0 Å². The normalized spacial score (nSPS) is 11.4. The third-order valence-corrected chi connectivity index (χ3v) is 2.99. The van der Waals surface area contributed by atoms with Crippen LogP contribution in [-0.4, -0.2) is 0 Å². The van der Waals surface area contributed by atoms with Gasteiger partial charge in [0.1, 0.15) is 12.4 Å². The topological polar surface area (TPSA) is 35.2 Å². The number of nitrogens with two attached hydrogens (primary N) is 1. The maximum absolute atomic E-state index is 12.8. The van der Waals surface area contributed by atoms with E-state index in [9.17, 15) is 13.2 Å². The van der Waals surface area contributed by atoms with E-state index in [1.54, 1.807) is 18.2 Å². The van der Waals surface area contributed by atoms with Crippen molar-refractivity contribution in [1.82, 2.24) is 0 Å². The first-order chi connectivity index (χ1) is 9.38. The number of anilines is 1. The van der Waals surface area contributed by atoms with Crippen LogP contribution >= 0.6 is 11.6 Å². The first-order valence-electron chi connectivity index (χ1n) is 5.71. The van der Waals surface area contributed by atoms with Crippen LogP contribution in [0.3, 0.4) is 0 Å². The van der Waals surface area contributed by atoms with Crippen molar-refractivity contribution in [3.05, 3.63) is 58.6 Å². The molecule has 2 nitrogen and oxygen atoms in total. The summed E-state index contributed by atoms with van der Waals surface area (Å²) in [6.45, 7) is -0.0194. The number of hydrogen-bond donors (Lipinski definition) is 1. The second-order valence-electron chi connectivity index (χ2n) is 4.14. The quantitative estimate of drug-likeness (QED) is 0.846. The highest BCUT2D eigenvalue weighted by atomic mass is 35.5. The fraction of sp³-hybridized carbons (Fsp3) is 0.143. The van der Waals surface area contributed by atoms with Gasteiger partial charge in [0.05, 0.1) is 16.3 Å². The molecule has 106 valence electrons. The molecule has 0 atom stereocenters. The van der Waals surface area contributed by atoms with Gasteiger partial charge in [-0.2, -0.15) is 13.2 Å². The molecule has 0 fully saturated rings. The SMILES string of the molecule is Nc1cc(COc2ccccc2C(F)(F)F)ccc1Cl. The second-order valence-corrected chi connectivity index (χ2v) is 4.55. The molecule has 6 heteroatoms. The standard InChI is InChI=1S/C14H11ClF3NO/c15-11-6-5-9(7-12(11)19)8-20-13-4-2-1-3-10(13)14(16,17)18/h1-7H,8,19H2. The van der Waals surface area contributed by atoms with Crippen molar-refractivity contribution < 1.29 is 17.9 Å². The van der Waals surface area contributed by atoms with Gasteiger partial charge in [-0.15, -0.1) is 0 Å². The summed E-state index contributed by atoms with van der Waals surface area (Å²) in [5, 5.41) is 0.393. The highest BCUT2D eigenvalue weighted by Crippen LogP contribution is 2.36. The zero-order valence-electron chi connectivity index (χ0n) is 10.2. The summed E-state index contributed by atoms with van der Waals surface area (Å²) in [4.78, 5) is 0. The molecule has 20 heavy (non-hydrogen) atoms. The summed E-state index contributed by atoms with van der Waals surface area (Å²) >= 11 is 5.77. The number of ether oxygens (including phenoxy) is 1. The van der Waals surface area contributed by atoms with Gasteiger partial charge in [-0.3, -0.25) is 0 Å². The maximum Gasteiger partial charge on any atom is 0.419 e. The van der Waals surface area contributed by atoms with Gasteiger partial charge in [0.15, 0.2) is 0 Å². The molecule has 0 heterocycles. The fourth-order valence-electron chi connectivity index (χ4n) is 1.67. The lowest BCUT2D eigenvalue weighted by molar-refractivity contribution is -0.139. The Hall–Kier alpha value is -1.88. The predicted molar refractivity (Wildman–Crippen MR) is 71.6 cm³/mol. The van der Waals surface area contributed by atoms with E-state index in [1.807, 2.05) is 0 Å². The van der Waals surface area contributed by atoms with Gasteiger partial charge < -0.3 is 10.5 Å². The summed E-state index contributed by atoms with van der Waals surface area (Å²) < 4.78 is 43.5. The highest BCUT2D eigenvalue weighted by molar-refractivity contribution is 6.33. The Labute approximate surface area is 118 Å². The Kier molecular flexibility index (Phi) is 4.09. The van der Waals surface area contributed by atoms with E-state index >= 15 is 0 Å². The Balaban J connectivity index is 2.17. The van der Waals surface area contributed by atoms with Crippen molar-refractivity contribution in [1.29, 1.82) is 0 Å². The number of rotatable bonds is 3.